The first-order valence-electron chi connectivity index (χ1n) is 8.81. The van der Waals surface area contributed by atoms with Crippen LogP contribution in [0.5, 0.6) is 0 Å². The molecule has 2 aliphatic rings. The summed E-state index contributed by atoms with van der Waals surface area (Å²) in [5, 5.41) is 0. The molecule has 3 heterocycles. The quantitative estimate of drug-likeness (QED) is 0.666. The van der Waals surface area contributed by atoms with E-state index in [-0.39, 0.29) is 17.4 Å². The Kier molecular flexibility index (Phi) is 5.11. The van der Waals surface area contributed by atoms with Crippen LogP contribution in [0.3, 0.4) is 0 Å². The number of likely N-dealkylation sites (tertiary alicyclic amines) is 1. The highest BCUT2D eigenvalue weighted by Crippen LogP contribution is 2.41. The second kappa shape index (κ2) is 7.11. The van der Waals surface area contributed by atoms with Gasteiger partial charge in [0.2, 0.25) is 0 Å². The molecule has 2 fully saturated rings. The summed E-state index contributed by atoms with van der Waals surface area (Å²) in [6, 6.07) is 1.95. The maximum atomic E-state index is 13.0. The molecule has 132 valence electrons. The SMILES string of the molecule is C=CCOC[C@]12CCCO[C@H]1CCN(C(=O)c1cc(C)[nH]c1C)C2. The van der Waals surface area contributed by atoms with Gasteiger partial charge >= 0.3 is 0 Å². The summed E-state index contributed by atoms with van der Waals surface area (Å²) >= 11 is 0. The van der Waals surface area contributed by atoms with Gasteiger partial charge in [-0.05, 0) is 39.2 Å². The van der Waals surface area contributed by atoms with E-state index in [0.29, 0.717) is 19.8 Å². The topological polar surface area (TPSA) is 54.6 Å². The van der Waals surface area contributed by atoms with Crippen molar-refractivity contribution in [1.29, 1.82) is 0 Å². The molecule has 1 N–H and O–H groups in total. The zero-order valence-electron chi connectivity index (χ0n) is 14.8. The molecule has 0 aliphatic carbocycles. The van der Waals surface area contributed by atoms with Gasteiger partial charge in [0, 0.05) is 36.5 Å². The summed E-state index contributed by atoms with van der Waals surface area (Å²) in [5.41, 5.74) is 2.66. The molecular weight excluding hydrogens is 304 g/mol. The molecule has 0 unspecified atom stereocenters. The van der Waals surface area contributed by atoms with Crippen LogP contribution < -0.4 is 0 Å². The molecule has 2 saturated heterocycles. The van der Waals surface area contributed by atoms with Crippen molar-refractivity contribution in [3.05, 3.63) is 35.7 Å². The van der Waals surface area contributed by atoms with Gasteiger partial charge in [0.05, 0.1) is 24.9 Å². The van der Waals surface area contributed by atoms with Crippen molar-refractivity contribution in [2.45, 2.75) is 39.2 Å². The van der Waals surface area contributed by atoms with Gasteiger partial charge in [0.15, 0.2) is 0 Å². The average Bonchev–Trinajstić information content (AvgIpc) is 2.92. The summed E-state index contributed by atoms with van der Waals surface area (Å²) in [6.45, 7) is 11.1. The number of aromatic nitrogens is 1. The Balaban J connectivity index is 1.77. The molecule has 0 saturated carbocycles. The highest BCUT2D eigenvalue weighted by molar-refractivity contribution is 5.95. The third kappa shape index (κ3) is 3.28. The average molecular weight is 332 g/mol. The van der Waals surface area contributed by atoms with Gasteiger partial charge in [-0.3, -0.25) is 4.79 Å². The molecule has 0 bridgehead atoms. The minimum Gasteiger partial charge on any atom is -0.377 e. The van der Waals surface area contributed by atoms with Crippen LogP contribution in [0.4, 0.5) is 0 Å². The van der Waals surface area contributed by atoms with Crippen LogP contribution in [-0.4, -0.2) is 54.8 Å². The van der Waals surface area contributed by atoms with Crippen molar-refractivity contribution in [2.24, 2.45) is 5.41 Å². The van der Waals surface area contributed by atoms with Crippen LogP contribution in [0, 0.1) is 19.3 Å². The fourth-order valence-electron chi connectivity index (χ4n) is 4.14. The minimum atomic E-state index is -0.0889. The number of rotatable bonds is 5. The first-order valence-corrected chi connectivity index (χ1v) is 8.81. The Morgan fingerprint density at radius 2 is 2.42 bits per heavy atom. The normalized spacial score (nSPS) is 26.9. The van der Waals surface area contributed by atoms with Crippen LogP contribution in [0.2, 0.25) is 0 Å². The number of piperidine rings is 1. The Labute approximate surface area is 144 Å². The number of amides is 1. The van der Waals surface area contributed by atoms with E-state index >= 15 is 0 Å². The van der Waals surface area contributed by atoms with Crippen LogP contribution in [0.15, 0.2) is 18.7 Å². The van der Waals surface area contributed by atoms with E-state index in [0.717, 1.165) is 49.4 Å². The molecule has 0 aromatic carbocycles. The minimum absolute atomic E-state index is 0.0889. The number of aromatic amines is 1. The number of hydrogen-bond acceptors (Lipinski definition) is 3. The Hall–Kier alpha value is -1.59. The second-order valence-corrected chi connectivity index (χ2v) is 7.14. The summed E-state index contributed by atoms with van der Waals surface area (Å²) in [4.78, 5) is 18.2. The molecule has 0 radical (unpaired) electrons. The molecular formula is C19H28N2O3. The smallest absolute Gasteiger partial charge is 0.255 e. The molecule has 0 spiro atoms. The molecule has 1 amide bonds. The lowest BCUT2D eigenvalue weighted by molar-refractivity contribution is -0.144. The Bertz CT molecular complexity index is 610. The number of nitrogens with one attached hydrogen (secondary N) is 1. The van der Waals surface area contributed by atoms with Crippen molar-refractivity contribution in [3.63, 3.8) is 0 Å². The van der Waals surface area contributed by atoms with Crippen molar-refractivity contribution >= 4 is 5.91 Å². The Morgan fingerprint density at radius 3 is 3.12 bits per heavy atom. The lowest BCUT2D eigenvalue weighted by atomic mass is 9.73. The van der Waals surface area contributed by atoms with Crippen LogP contribution in [-0.2, 0) is 9.47 Å². The zero-order chi connectivity index (χ0) is 17.2. The molecule has 5 nitrogen and oxygen atoms in total. The van der Waals surface area contributed by atoms with E-state index in [9.17, 15) is 4.79 Å². The number of nitrogens with zero attached hydrogens (tertiary/aromatic N) is 1. The summed E-state index contributed by atoms with van der Waals surface area (Å²) in [7, 11) is 0. The number of ether oxygens (including phenoxy) is 2. The van der Waals surface area contributed by atoms with Gasteiger partial charge < -0.3 is 19.4 Å². The molecule has 2 atom stereocenters. The van der Waals surface area contributed by atoms with E-state index in [1.165, 1.54) is 0 Å². The third-order valence-corrected chi connectivity index (χ3v) is 5.28. The molecule has 2 aliphatic heterocycles. The zero-order valence-corrected chi connectivity index (χ0v) is 14.8. The number of hydrogen-bond donors (Lipinski definition) is 1. The largest absolute Gasteiger partial charge is 0.377 e. The van der Waals surface area contributed by atoms with Gasteiger partial charge in [-0.1, -0.05) is 6.08 Å². The first-order chi connectivity index (χ1) is 11.6. The Morgan fingerprint density at radius 1 is 1.58 bits per heavy atom. The van der Waals surface area contributed by atoms with Gasteiger partial charge in [0.1, 0.15) is 0 Å². The molecule has 1 aromatic heterocycles. The van der Waals surface area contributed by atoms with E-state index in [1.807, 2.05) is 24.8 Å². The second-order valence-electron chi connectivity index (χ2n) is 7.14. The first kappa shape index (κ1) is 17.2. The van der Waals surface area contributed by atoms with Gasteiger partial charge in [-0.2, -0.15) is 0 Å². The molecule has 5 heteroatoms. The fraction of sp³-hybridized carbons (Fsp3) is 0.632. The van der Waals surface area contributed by atoms with Crippen molar-refractivity contribution in [1.82, 2.24) is 9.88 Å². The van der Waals surface area contributed by atoms with Gasteiger partial charge in [-0.15, -0.1) is 6.58 Å². The lowest BCUT2D eigenvalue weighted by Gasteiger charge is -2.50. The maximum Gasteiger partial charge on any atom is 0.255 e. The van der Waals surface area contributed by atoms with Gasteiger partial charge in [-0.25, -0.2) is 0 Å². The lowest BCUT2D eigenvalue weighted by Crippen LogP contribution is -2.58. The summed E-state index contributed by atoms with van der Waals surface area (Å²) in [5.74, 6) is 0.115. The summed E-state index contributed by atoms with van der Waals surface area (Å²) < 4.78 is 11.8. The monoisotopic (exact) mass is 332 g/mol. The predicted molar refractivity (Wildman–Crippen MR) is 93.2 cm³/mol. The van der Waals surface area contributed by atoms with Crippen molar-refractivity contribution < 1.29 is 14.3 Å². The van der Waals surface area contributed by atoms with E-state index in [2.05, 4.69) is 11.6 Å². The number of H-pyrrole nitrogens is 1. The molecule has 24 heavy (non-hydrogen) atoms. The third-order valence-electron chi connectivity index (χ3n) is 5.28. The number of carbonyl (C=O) groups is 1. The predicted octanol–water partition coefficient (Wildman–Crippen LogP) is 2.85. The number of aryl methyl sites for hydroxylation is 2. The van der Waals surface area contributed by atoms with Crippen LogP contribution in [0.25, 0.3) is 0 Å². The van der Waals surface area contributed by atoms with Crippen molar-refractivity contribution in [3.8, 4) is 0 Å². The van der Waals surface area contributed by atoms with E-state index in [1.54, 1.807) is 6.08 Å². The van der Waals surface area contributed by atoms with E-state index in [4.69, 9.17) is 9.47 Å². The van der Waals surface area contributed by atoms with Gasteiger partial charge in [0.25, 0.3) is 5.91 Å². The van der Waals surface area contributed by atoms with Crippen LogP contribution >= 0.6 is 0 Å². The number of fused-ring (bicyclic) bond motifs is 1. The van der Waals surface area contributed by atoms with Crippen LogP contribution in [0.1, 0.15) is 41.0 Å². The highest BCUT2D eigenvalue weighted by atomic mass is 16.5. The fourth-order valence-corrected chi connectivity index (χ4v) is 4.14. The standard InChI is InChI=1S/C19H28N2O3/c1-4-9-23-13-19-7-5-10-24-17(19)6-8-21(12-19)18(22)16-11-14(2)20-15(16)3/h4,11,17,20H,1,5-10,12-13H2,2-3H3/t17-,19+/m0/s1. The van der Waals surface area contributed by atoms with E-state index < -0.39 is 0 Å². The molecule has 1 aromatic rings. The highest BCUT2D eigenvalue weighted by Gasteiger charge is 2.47. The number of carbonyl (C=O) groups excluding carboxylic acids is 1. The van der Waals surface area contributed by atoms with Crippen molar-refractivity contribution in [2.75, 3.05) is 32.9 Å². The summed E-state index contributed by atoms with van der Waals surface area (Å²) in [6.07, 6.45) is 4.91. The molecule has 3 rings (SSSR count). The maximum absolute atomic E-state index is 13.0.